The van der Waals surface area contributed by atoms with Crippen LogP contribution in [0.2, 0.25) is 0 Å². The lowest BCUT2D eigenvalue weighted by Crippen LogP contribution is -2.35. The Balaban J connectivity index is 1.82. The molecule has 1 fully saturated rings. The van der Waals surface area contributed by atoms with Gasteiger partial charge < -0.3 is 9.47 Å². The van der Waals surface area contributed by atoms with E-state index in [-0.39, 0.29) is 23.8 Å². The standard InChI is InChI=1S/C19H30O4/c1-2-3-13-22-18(20)16-11-7-8-12-17(16)19(21)23-14-15-9-5-4-6-10-15/h4-5,15-17H,2-3,6-14H2,1H3. The van der Waals surface area contributed by atoms with Crippen LogP contribution in [0.25, 0.3) is 0 Å². The fourth-order valence-electron chi connectivity index (χ4n) is 3.43. The number of unbranched alkanes of at least 4 members (excludes halogenated alkanes) is 1. The molecule has 23 heavy (non-hydrogen) atoms. The summed E-state index contributed by atoms with van der Waals surface area (Å²) in [6.07, 6.45) is 12.8. The molecule has 1 saturated carbocycles. The molecule has 0 saturated heterocycles. The molecular weight excluding hydrogens is 292 g/mol. The monoisotopic (exact) mass is 322 g/mol. The first-order valence-corrected chi connectivity index (χ1v) is 9.20. The summed E-state index contributed by atoms with van der Waals surface area (Å²) >= 11 is 0. The molecule has 0 amide bonds. The van der Waals surface area contributed by atoms with Gasteiger partial charge in [-0.2, -0.15) is 0 Å². The van der Waals surface area contributed by atoms with E-state index in [9.17, 15) is 9.59 Å². The Labute approximate surface area is 139 Å². The third-order valence-corrected chi connectivity index (χ3v) is 4.95. The average Bonchev–Trinajstić information content (AvgIpc) is 2.60. The van der Waals surface area contributed by atoms with E-state index < -0.39 is 0 Å². The minimum atomic E-state index is -0.308. The summed E-state index contributed by atoms with van der Waals surface area (Å²) in [7, 11) is 0. The zero-order chi connectivity index (χ0) is 16.5. The Morgan fingerprint density at radius 3 is 2.30 bits per heavy atom. The SMILES string of the molecule is CCCCOC(=O)C1CCCCC1C(=O)OCC1CC=CCC1. The Hall–Kier alpha value is -1.32. The fraction of sp³-hybridized carbons (Fsp3) is 0.789. The zero-order valence-electron chi connectivity index (χ0n) is 14.3. The van der Waals surface area contributed by atoms with Gasteiger partial charge in [-0.3, -0.25) is 9.59 Å². The van der Waals surface area contributed by atoms with Gasteiger partial charge in [-0.15, -0.1) is 0 Å². The molecule has 4 heteroatoms. The lowest BCUT2D eigenvalue weighted by Gasteiger charge is -2.29. The zero-order valence-corrected chi connectivity index (χ0v) is 14.3. The molecule has 3 unspecified atom stereocenters. The molecule has 0 N–H and O–H groups in total. The molecule has 0 spiro atoms. The molecule has 0 aromatic heterocycles. The summed E-state index contributed by atoms with van der Waals surface area (Å²) in [6, 6.07) is 0. The summed E-state index contributed by atoms with van der Waals surface area (Å²) in [5.41, 5.74) is 0. The van der Waals surface area contributed by atoms with Crippen LogP contribution in [0.4, 0.5) is 0 Å². The lowest BCUT2D eigenvalue weighted by atomic mass is 9.79. The second-order valence-corrected chi connectivity index (χ2v) is 6.80. The van der Waals surface area contributed by atoms with Crippen LogP contribution in [0.3, 0.4) is 0 Å². The van der Waals surface area contributed by atoms with Gasteiger partial charge >= 0.3 is 11.9 Å². The minimum absolute atomic E-state index is 0.198. The summed E-state index contributed by atoms with van der Waals surface area (Å²) in [5, 5.41) is 0. The van der Waals surface area contributed by atoms with Gasteiger partial charge in [-0.25, -0.2) is 0 Å². The molecule has 4 nitrogen and oxygen atoms in total. The molecule has 3 atom stereocenters. The van der Waals surface area contributed by atoms with Crippen LogP contribution in [0.15, 0.2) is 12.2 Å². The fourth-order valence-corrected chi connectivity index (χ4v) is 3.43. The first kappa shape index (κ1) is 18.0. The maximum Gasteiger partial charge on any atom is 0.309 e. The second kappa shape index (κ2) is 9.74. The first-order valence-electron chi connectivity index (χ1n) is 9.20. The summed E-state index contributed by atoms with van der Waals surface area (Å²) < 4.78 is 10.9. The number of carbonyl (C=O) groups excluding carboxylic acids is 2. The number of carbonyl (C=O) groups is 2. The molecule has 0 heterocycles. The lowest BCUT2D eigenvalue weighted by molar-refractivity contribution is -0.163. The van der Waals surface area contributed by atoms with Gasteiger partial charge in [-0.05, 0) is 44.4 Å². The van der Waals surface area contributed by atoms with Crippen LogP contribution < -0.4 is 0 Å². The van der Waals surface area contributed by atoms with E-state index in [2.05, 4.69) is 19.1 Å². The van der Waals surface area contributed by atoms with Crippen molar-refractivity contribution in [2.75, 3.05) is 13.2 Å². The molecule has 0 aliphatic heterocycles. The predicted molar refractivity (Wildman–Crippen MR) is 88.8 cm³/mol. The Bertz CT molecular complexity index is 416. The van der Waals surface area contributed by atoms with Gasteiger partial charge in [0.25, 0.3) is 0 Å². The van der Waals surface area contributed by atoms with Crippen molar-refractivity contribution < 1.29 is 19.1 Å². The van der Waals surface area contributed by atoms with Crippen LogP contribution in [0.1, 0.15) is 64.7 Å². The molecule has 130 valence electrons. The number of allylic oxidation sites excluding steroid dienone is 2. The Morgan fingerprint density at radius 1 is 1.00 bits per heavy atom. The maximum atomic E-state index is 12.4. The van der Waals surface area contributed by atoms with E-state index in [1.54, 1.807) is 0 Å². The second-order valence-electron chi connectivity index (χ2n) is 6.80. The van der Waals surface area contributed by atoms with Crippen molar-refractivity contribution in [3.63, 3.8) is 0 Å². The van der Waals surface area contributed by atoms with Crippen molar-refractivity contribution >= 4 is 11.9 Å². The predicted octanol–water partition coefficient (Wildman–Crippen LogP) is 4.04. The van der Waals surface area contributed by atoms with Crippen LogP contribution in [0, 0.1) is 17.8 Å². The Morgan fingerprint density at radius 2 is 1.70 bits per heavy atom. The van der Waals surface area contributed by atoms with Crippen molar-refractivity contribution in [2.24, 2.45) is 17.8 Å². The van der Waals surface area contributed by atoms with Crippen molar-refractivity contribution in [1.29, 1.82) is 0 Å². The van der Waals surface area contributed by atoms with Gasteiger partial charge in [0.1, 0.15) is 0 Å². The van der Waals surface area contributed by atoms with Crippen molar-refractivity contribution in [3.8, 4) is 0 Å². The van der Waals surface area contributed by atoms with Crippen LogP contribution in [-0.4, -0.2) is 25.2 Å². The molecular formula is C19H30O4. The average molecular weight is 322 g/mol. The molecule has 0 radical (unpaired) electrons. The van der Waals surface area contributed by atoms with Crippen LogP contribution in [-0.2, 0) is 19.1 Å². The maximum absolute atomic E-state index is 12.4. The number of hydrogen-bond acceptors (Lipinski definition) is 4. The summed E-state index contributed by atoms with van der Waals surface area (Å²) in [5.74, 6) is -0.587. The number of esters is 2. The van der Waals surface area contributed by atoms with Gasteiger partial charge in [0, 0.05) is 0 Å². The highest BCUT2D eigenvalue weighted by molar-refractivity contribution is 5.82. The van der Waals surface area contributed by atoms with Gasteiger partial charge in [0.15, 0.2) is 0 Å². The number of ether oxygens (including phenoxy) is 2. The third kappa shape index (κ3) is 5.67. The summed E-state index contributed by atoms with van der Waals surface area (Å²) in [6.45, 7) is 3.01. The van der Waals surface area contributed by atoms with Gasteiger partial charge in [-0.1, -0.05) is 38.3 Å². The van der Waals surface area contributed by atoms with E-state index in [0.29, 0.717) is 19.1 Å². The summed E-state index contributed by atoms with van der Waals surface area (Å²) in [4.78, 5) is 24.7. The van der Waals surface area contributed by atoms with Crippen molar-refractivity contribution in [1.82, 2.24) is 0 Å². The van der Waals surface area contributed by atoms with E-state index >= 15 is 0 Å². The number of rotatable bonds is 7. The first-order chi connectivity index (χ1) is 11.2. The minimum Gasteiger partial charge on any atom is -0.465 e. The molecule has 2 aliphatic rings. The molecule has 0 aromatic rings. The highest BCUT2D eigenvalue weighted by atomic mass is 16.5. The van der Waals surface area contributed by atoms with E-state index in [1.165, 1.54) is 0 Å². The number of hydrogen-bond donors (Lipinski definition) is 0. The molecule has 0 aromatic carbocycles. The topological polar surface area (TPSA) is 52.6 Å². The van der Waals surface area contributed by atoms with Crippen LogP contribution >= 0.6 is 0 Å². The molecule has 0 bridgehead atoms. The van der Waals surface area contributed by atoms with Crippen molar-refractivity contribution in [2.45, 2.75) is 64.7 Å². The normalized spacial score (nSPS) is 27.4. The van der Waals surface area contributed by atoms with Gasteiger partial charge in [0.05, 0.1) is 25.0 Å². The smallest absolute Gasteiger partial charge is 0.309 e. The van der Waals surface area contributed by atoms with Gasteiger partial charge in [0.2, 0.25) is 0 Å². The van der Waals surface area contributed by atoms with Crippen LogP contribution in [0.5, 0.6) is 0 Å². The van der Waals surface area contributed by atoms with E-state index in [0.717, 1.165) is 57.8 Å². The Kier molecular flexibility index (Phi) is 7.63. The quantitative estimate of drug-likeness (QED) is 0.403. The van der Waals surface area contributed by atoms with E-state index in [4.69, 9.17) is 9.47 Å². The molecule has 2 aliphatic carbocycles. The van der Waals surface area contributed by atoms with E-state index in [1.807, 2.05) is 0 Å². The highest BCUT2D eigenvalue weighted by Gasteiger charge is 2.38. The largest absolute Gasteiger partial charge is 0.465 e. The highest BCUT2D eigenvalue weighted by Crippen LogP contribution is 2.32. The third-order valence-electron chi connectivity index (χ3n) is 4.95. The van der Waals surface area contributed by atoms with Crippen molar-refractivity contribution in [3.05, 3.63) is 12.2 Å². The molecule has 2 rings (SSSR count).